The fourth-order valence-corrected chi connectivity index (χ4v) is 3.73. The van der Waals surface area contributed by atoms with Crippen LogP contribution in [0.25, 0.3) is 11.3 Å². The smallest absolute Gasteiger partial charge is 0.275 e. The second kappa shape index (κ2) is 8.61. The van der Waals surface area contributed by atoms with E-state index < -0.39 is 5.91 Å². The number of oxazole rings is 1. The number of carbonyl (C=O) groups is 2. The molecule has 0 spiro atoms. The van der Waals surface area contributed by atoms with E-state index in [4.69, 9.17) is 10.2 Å². The molecule has 0 radical (unpaired) electrons. The summed E-state index contributed by atoms with van der Waals surface area (Å²) in [6.45, 7) is 0.957. The first-order valence-electron chi connectivity index (χ1n) is 10.4. The fourth-order valence-electron chi connectivity index (χ4n) is 3.73. The van der Waals surface area contributed by atoms with E-state index >= 15 is 0 Å². The lowest BCUT2D eigenvalue weighted by Gasteiger charge is -2.14. The number of hydrogen-bond acceptors (Lipinski definition) is 8. The van der Waals surface area contributed by atoms with Crippen LogP contribution < -0.4 is 5.73 Å². The van der Waals surface area contributed by atoms with Gasteiger partial charge < -0.3 is 15.1 Å². The Bertz CT molecular complexity index is 1280. The van der Waals surface area contributed by atoms with Crippen molar-refractivity contribution >= 4 is 11.8 Å². The summed E-state index contributed by atoms with van der Waals surface area (Å²) in [7, 11) is 0. The van der Waals surface area contributed by atoms with E-state index in [9.17, 15) is 9.59 Å². The first-order chi connectivity index (χ1) is 16.1. The molecule has 1 atom stereocenters. The highest BCUT2D eigenvalue weighted by atomic mass is 16.3. The van der Waals surface area contributed by atoms with Gasteiger partial charge in [-0.2, -0.15) is 10.2 Å². The van der Waals surface area contributed by atoms with Gasteiger partial charge in [0.2, 0.25) is 5.89 Å². The predicted molar refractivity (Wildman–Crippen MR) is 115 cm³/mol. The van der Waals surface area contributed by atoms with Crippen LogP contribution in [0.2, 0.25) is 0 Å². The Labute approximate surface area is 188 Å². The molecule has 166 valence electrons. The molecule has 11 nitrogen and oxygen atoms in total. The topological polar surface area (TPSA) is 146 Å². The monoisotopic (exact) mass is 444 g/mol. The van der Waals surface area contributed by atoms with Gasteiger partial charge >= 0.3 is 0 Å². The van der Waals surface area contributed by atoms with Crippen LogP contribution in [0.15, 0.2) is 59.3 Å². The summed E-state index contributed by atoms with van der Waals surface area (Å²) >= 11 is 0. The highest BCUT2D eigenvalue weighted by Crippen LogP contribution is 2.23. The van der Waals surface area contributed by atoms with Gasteiger partial charge in [0.05, 0.1) is 30.0 Å². The molecule has 1 aromatic carbocycles. The van der Waals surface area contributed by atoms with Crippen molar-refractivity contribution in [3.8, 4) is 11.3 Å². The van der Waals surface area contributed by atoms with Crippen LogP contribution in [0.1, 0.15) is 45.0 Å². The Hall–Kier alpha value is -4.41. The lowest BCUT2D eigenvalue weighted by Crippen LogP contribution is -2.29. The number of benzene rings is 1. The van der Waals surface area contributed by atoms with Crippen molar-refractivity contribution in [2.45, 2.75) is 18.9 Å². The second-order valence-electron chi connectivity index (χ2n) is 7.72. The van der Waals surface area contributed by atoms with Crippen LogP contribution in [0.3, 0.4) is 0 Å². The zero-order valence-corrected chi connectivity index (χ0v) is 17.5. The summed E-state index contributed by atoms with van der Waals surface area (Å²) in [6, 6.07) is 13.5. The molecular formula is C22H20N8O3. The molecule has 11 heteroatoms. The zero-order valence-electron chi connectivity index (χ0n) is 17.5. The van der Waals surface area contributed by atoms with Crippen molar-refractivity contribution in [3.63, 3.8) is 0 Å². The Morgan fingerprint density at radius 3 is 2.64 bits per heavy atom. The third-order valence-electron chi connectivity index (χ3n) is 5.48. The summed E-state index contributed by atoms with van der Waals surface area (Å²) in [4.78, 5) is 30.1. The normalized spacial score (nSPS) is 15.6. The molecule has 5 rings (SSSR count). The number of amides is 2. The molecule has 1 aliphatic rings. The van der Waals surface area contributed by atoms with Gasteiger partial charge in [-0.1, -0.05) is 35.5 Å². The van der Waals surface area contributed by atoms with E-state index in [0.717, 1.165) is 11.3 Å². The number of carbonyl (C=O) groups excluding carboxylic acids is 2. The molecule has 2 amide bonds. The number of nitrogens with zero attached hydrogens (tertiary/aromatic N) is 7. The molecule has 0 saturated carbocycles. The number of nitrogens with two attached hydrogens (primary N) is 1. The molecule has 2 N–H and O–H groups in total. The van der Waals surface area contributed by atoms with Crippen molar-refractivity contribution in [3.05, 3.63) is 77.9 Å². The lowest BCUT2D eigenvalue weighted by molar-refractivity contribution is 0.0780. The molecule has 0 aliphatic carbocycles. The molecule has 0 bridgehead atoms. The van der Waals surface area contributed by atoms with E-state index in [1.165, 1.54) is 12.5 Å². The number of likely N-dealkylation sites (tertiary alicyclic amines) is 1. The summed E-state index contributed by atoms with van der Waals surface area (Å²) in [5.74, 6) is -0.479. The number of hydrogen-bond donors (Lipinski definition) is 1. The maximum atomic E-state index is 12.9. The van der Waals surface area contributed by atoms with E-state index in [1.807, 2.05) is 42.5 Å². The molecule has 4 aromatic rings. The Morgan fingerprint density at radius 1 is 1.06 bits per heavy atom. The fraction of sp³-hybridized carbons (Fsp3) is 0.227. The summed E-state index contributed by atoms with van der Waals surface area (Å²) in [6.07, 6.45) is 3.87. The average Bonchev–Trinajstić information content (AvgIpc) is 3.60. The van der Waals surface area contributed by atoms with Gasteiger partial charge in [0.1, 0.15) is 6.26 Å². The lowest BCUT2D eigenvalue weighted by atomic mass is 10.1. The third kappa shape index (κ3) is 4.33. The predicted octanol–water partition coefficient (Wildman–Crippen LogP) is 1.50. The van der Waals surface area contributed by atoms with Crippen LogP contribution in [0.5, 0.6) is 0 Å². The van der Waals surface area contributed by atoms with Gasteiger partial charge in [0.15, 0.2) is 11.4 Å². The molecule has 3 aromatic heterocycles. The zero-order chi connectivity index (χ0) is 22.8. The van der Waals surface area contributed by atoms with E-state index in [1.54, 1.807) is 9.58 Å². The second-order valence-corrected chi connectivity index (χ2v) is 7.72. The minimum Gasteiger partial charge on any atom is -0.448 e. The van der Waals surface area contributed by atoms with E-state index in [-0.39, 0.29) is 23.3 Å². The molecular weight excluding hydrogens is 424 g/mol. The van der Waals surface area contributed by atoms with Gasteiger partial charge in [-0.15, -0.1) is 5.10 Å². The highest BCUT2D eigenvalue weighted by Gasteiger charge is 2.30. The molecule has 1 unspecified atom stereocenters. The van der Waals surface area contributed by atoms with Crippen molar-refractivity contribution in [2.24, 2.45) is 5.73 Å². The van der Waals surface area contributed by atoms with Crippen molar-refractivity contribution in [1.29, 1.82) is 0 Å². The molecule has 33 heavy (non-hydrogen) atoms. The number of primary amides is 1. The standard InChI is InChI=1S/C22H20N8O3/c23-21(31)18-12-30(28-27-18)16-8-9-29(11-16)22(32)19-13-33-20(24-19)10-15-6-7-17(26-25-15)14-4-2-1-3-5-14/h1-7,12-13,16H,8-11H2,(H2,23,31). The van der Waals surface area contributed by atoms with Crippen molar-refractivity contribution in [1.82, 2.24) is 35.1 Å². The Kier molecular flexibility index (Phi) is 5.35. The first-order valence-corrected chi connectivity index (χ1v) is 10.4. The van der Waals surface area contributed by atoms with Gasteiger partial charge in [-0.3, -0.25) is 9.59 Å². The van der Waals surface area contributed by atoms with Gasteiger partial charge in [0, 0.05) is 18.7 Å². The maximum absolute atomic E-state index is 12.9. The van der Waals surface area contributed by atoms with Gasteiger partial charge in [-0.25, -0.2) is 9.67 Å². The molecule has 1 aliphatic heterocycles. The summed E-state index contributed by atoms with van der Waals surface area (Å²) < 4.78 is 7.07. The number of rotatable bonds is 6. The van der Waals surface area contributed by atoms with Gasteiger partial charge in [0.25, 0.3) is 11.8 Å². The largest absolute Gasteiger partial charge is 0.448 e. The van der Waals surface area contributed by atoms with Crippen molar-refractivity contribution < 1.29 is 14.0 Å². The third-order valence-corrected chi connectivity index (χ3v) is 5.48. The Morgan fingerprint density at radius 2 is 1.91 bits per heavy atom. The summed E-state index contributed by atoms with van der Waals surface area (Å²) in [5, 5.41) is 16.2. The van der Waals surface area contributed by atoms with Crippen LogP contribution in [-0.2, 0) is 6.42 Å². The molecule has 1 saturated heterocycles. The minimum absolute atomic E-state index is 0.0840. The van der Waals surface area contributed by atoms with Crippen LogP contribution in [0.4, 0.5) is 0 Å². The highest BCUT2D eigenvalue weighted by molar-refractivity contribution is 5.92. The SMILES string of the molecule is NC(=O)c1cn(C2CCN(C(=O)c3coc(Cc4ccc(-c5ccccc5)nn4)n3)C2)nn1. The van der Waals surface area contributed by atoms with Gasteiger partial charge in [-0.05, 0) is 18.6 Å². The quantitative estimate of drug-likeness (QED) is 0.471. The van der Waals surface area contributed by atoms with E-state index in [2.05, 4.69) is 25.5 Å². The minimum atomic E-state index is -0.637. The first kappa shape index (κ1) is 20.5. The van der Waals surface area contributed by atoms with E-state index in [0.29, 0.717) is 37.5 Å². The van der Waals surface area contributed by atoms with Crippen LogP contribution >= 0.6 is 0 Å². The summed E-state index contributed by atoms with van der Waals surface area (Å²) in [5.41, 5.74) is 8.01. The molecule has 4 heterocycles. The van der Waals surface area contributed by atoms with Crippen LogP contribution in [-0.4, -0.2) is 60.0 Å². The Balaban J connectivity index is 1.21. The maximum Gasteiger partial charge on any atom is 0.275 e. The van der Waals surface area contributed by atoms with Crippen LogP contribution in [0, 0.1) is 0 Å². The molecule has 1 fully saturated rings. The number of aromatic nitrogens is 6. The van der Waals surface area contributed by atoms with Crippen molar-refractivity contribution in [2.75, 3.05) is 13.1 Å². The average molecular weight is 444 g/mol.